The summed E-state index contributed by atoms with van der Waals surface area (Å²) in [6, 6.07) is 0. The van der Waals surface area contributed by atoms with E-state index in [1.54, 1.807) is 0 Å². The number of rotatable bonds is 3. The first-order valence-electron chi connectivity index (χ1n) is 3.53. The van der Waals surface area contributed by atoms with Crippen LogP contribution in [0.25, 0.3) is 0 Å². The lowest BCUT2D eigenvalue weighted by Gasteiger charge is -2.27. The second kappa shape index (κ2) is 2.78. The molecule has 0 amide bonds. The minimum absolute atomic E-state index is 0.212. The second-order valence-electron chi connectivity index (χ2n) is 3.16. The Labute approximate surface area is 70.8 Å². The molecule has 78 valence electrons. The predicted octanol–water partition coefficient (Wildman–Crippen LogP) is 1.85. The normalized spacial score (nSPS) is 21.7. The highest BCUT2D eigenvalue weighted by Crippen LogP contribution is 2.62. The van der Waals surface area contributed by atoms with Crippen molar-refractivity contribution in [3.8, 4) is 0 Å². The van der Waals surface area contributed by atoms with E-state index < -0.39 is 24.1 Å². The second-order valence-corrected chi connectivity index (χ2v) is 3.16. The Hall–Kier alpha value is -0.430. The highest BCUT2D eigenvalue weighted by Gasteiger charge is 2.74. The molecule has 0 atom stereocenters. The molecule has 0 bridgehead atoms. The topological polar surface area (TPSA) is 35.2 Å². The van der Waals surface area contributed by atoms with Crippen molar-refractivity contribution in [2.45, 2.75) is 24.9 Å². The van der Waals surface area contributed by atoms with E-state index in [0.29, 0.717) is 0 Å². The third kappa shape index (κ3) is 1.50. The van der Waals surface area contributed by atoms with Gasteiger partial charge in [0.05, 0.1) is 12.0 Å². The summed E-state index contributed by atoms with van der Waals surface area (Å²) in [6.07, 6.45) is -5.95. The number of hydrogen-bond acceptors (Lipinski definition) is 2. The van der Waals surface area contributed by atoms with Gasteiger partial charge in [-0.1, -0.05) is 0 Å². The van der Waals surface area contributed by atoms with Gasteiger partial charge in [-0.2, -0.15) is 22.0 Å². The fourth-order valence-electron chi connectivity index (χ4n) is 1.16. The fraction of sp³-hybridized carbons (Fsp3) is 1.00. The van der Waals surface area contributed by atoms with Crippen LogP contribution in [0.5, 0.6) is 0 Å². The lowest BCUT2D eigenvalue weighted by molar-refractivity contribution is -0.314. The summed E-state index contributed by atoms with van der Waals surface area (Å²) >= 11 is 0. The van der Waals surface area contributed by atoms with Gasteiger partial charge < -0.3 is 4.84 Å². The smallest absolute Gasteiger partial charge is 0.304 e. The van der Waals surface area contributed by atoms with Gasteiger partial charge in [-0.3, -0.25) is 0 Å². The summed E-state index contributed by atoms with van der Waals surface area (Å²) in [7, 11) is 0. The van der Waals surface area contributed by atoms with E-state index in [1.807, 2.05) is 0 Å². The van der Waals surface area contributed by atoms with E-state index in [2.05, 4.69) is 10.7 Å². The van der Waals surface area contributed by atoms with Crippen LogP contribution in [0.15, 0.2) is 0 Å². The molecule has 0 aliphatic heterocycles. The van der Waals surface area contributed by atoms with E-state index in [0.717, 1.165) is 0 Å². The zero-order valence-electron chi connectivity index (χ0n) is 6.50. The van der Waals surface area contributed by atoms with Crippen LogP contribution in [0.2, 0.25) is 0 Å². The largest absolute Gasteiger partial charge is 0.453 e. The highest BCUT2D eigenvalue weighted by atomic mass is 19.4. The van der Waals surface area contributed by atoms with Gasteiger partial charge in [-0.15, -0.1) is 0 Å². The molecule has 0 spiro atoms. The summed E-state index contributed by atoms with van der Waals surface area (Å²) < 4.78 is 60.9. The molecule has 2 N–H and O–H groups in total. The Bertz CT molecular complexity index is 198. The summed E-state index contributed by atoms with van der Waals surface area (Å²) in [5, 5.41) is 0. The monoisotopic (exact) mass is 205 g/mol. The molecule has 1 aliphatic rings. The molecule has 0 heterocycles. The van der Waals surface area contributed by atoms with Crippen LogP contribution in [-0.4, -0.2) is 18.7 Å². The van der Waals surface area contributed by atoms with Crippen molar-refractivity contribution in [2.75, 3.05) is 6.61 Å². The average molecular weight is 205 g/mol. The average Bonchev–Trinajstić information content (AvgIpc) is 2.67. The molecule has 1 saturated carbocycles. The van der Waals surface area contributed by atoms with Gasteiger partial charge in [0.1, 0.15) is 0 Å². The van der Waals surface area contributed by atoms with Crippen molar-refractivity contribution in [3.63, 3.8) is 0 Å². The molecule has 1 fully saturated rings. The Kier molecular flexibility index (Phi) is 2.28. The van der Waals surface area contributed by atoms with Gasteiger partial charge in [0, 0.05) is 0 Å². The lowest BCUT2D eigenvalue weighted by Crippen LogP contribution is -2.47. The van der Waals surface area contributed by atoms with Crippen LogP contribution in [0.4, 0.5) is 22.0 Å². The molecule has 0 saturated heterocycles. The first-order chi connectivity index (χ1) is 5.77. The molecule has 0 aromatic carbocycles. The molecule has 13 heavy (non-hydrogen) atoms. The summed E-state index contributed by atoms with van der Waals surface area (Å²) in [6.45, 7) is -0.764. The maximum Gasteiger partial charge on any atom is 0.453 e. The Morgan fingerprint density at radius 3 is 1.85 bits per heavy atom. The van der Waals surface area contributed by atoms with Gasteiger partial charge in [0.15, 0.2) is 0 Å². The van der Waals surface area contributed by atoms with Crippen molar-refractivity contribution >= 4 is 0 Å². The molecule has 7 heteroatoms. The fourth-order valence-corrected chi connectivity index (χ4v) is 1.16. The van der Waals surface area contributed by atoms with Gasteiger partial charge in [-0.25, -0.2) is 5.90 Å². The number of alkyl halides is 5. The van der Waals surface area contributed by atoms with Crippen LogP contribution in [0.3, 0.4) is 0 Å². The standard InChI is InChI=1S/C6H8F5NO/c7-5(8,6(9,10)11)4(1-2-4)3-13-12/h1-3,12H2. The van der Waals surface area contributed by atoms with Crippen LogP contribution in [0.1, 0.15) is 12.8 Å². The van der Waals surface area contributed by atoms with Crippen LogP contribution < -0.4 is 5.90 Å². The van der Waals surface area contributed by atoms with Gasteiger partial charge >= 0.3 is 12.1 Å². The highest BCUT2D eigenvalue weighted by molar-refractivity contribution is 5.06. The molecule has 0 radical (unpaired) electrons. The van der Waals surface area contributed by atoms with Crippen LogP contribution in [0, 0.1) is 5.41 Å². The van der Waals surface area contributed by atoms with E-state index in [4.69, 9.17) is 0 Å². The minimum atomic E-state index is -5.53. The van der Waals surface area contributed by atoms with Gasteiger partial charge in [0.25, 0.3) is 0 Å². The Balaban J connectivity index is 2.80. The molecule has 2 nitrogen and oxygen atoms in total. The molecule has 1 rings (SSSR count). The SMILES string of the molecule is NOCC1(C(F)(F)C(F)(F)F)CC1. The Morgan fingerprint density at radius 1 is 1.15 bits per heavy atom. The van der Waals surface area contributed by atoms with E-state index in [9.17, 15) is 22.0 Å². The van der Waals surface area contributed by atoms with Crippen LogP contribution in [-0.2, 0) is 4.84 Å². The van der Waals surface area contributed by atoms with Crippen LogP contribution >= 0.6 is 0 Å². The molecule has 0 aromatic heterocycles. The third-order valence-electron chi connectivity index (χ3n) is 2.24. The zero-order chi connectivity index (χ0) is 10.3. The molecule has 0 unspecified atom stereocenters. The van der Waals surface area contributed by atoms with Crippen molar-refractivity contribution in [3.05, 3.63) is 0 Å². The molecular weight excluding hydrogens is 197 g/mol. The van der Waals surface area contributed by atoms with Gasteiger partial charge in [-0.05, 0) is 12.8 Å². The minimum Gasteiger partial charge on any atom is -0.304 e. The quantitative estimate of drug-likeness (QED) is 0.563. The number of nitrogens with two attached hydrogens (primary N) is 1. The maximum atomic E-state index is 12.7. The first kappa shape index (κ1) is 10.6. The van der Waals surface area contributed by atoms with Crippen molar-refractivity contribution in [1.82, 2.24) is 0 Å². The van der Waals surface area contributed by atoms with Gasteiger partial charge in [0.2, 0.25) is 0 Å². The van der Waals surface area contributed by atoms with Crippen molar-refractivity contribution < 1.29 is 26.8 Å². The summed E-state index contributed by atoms with van der Waals surface area (Å²) in [5.74, 6) is -0.215. The van der Waals surface area contributed by atoms with E-state index >= 15 is 0 Å². The lowest BCUT2D eigenvalue weighted by atomic mass is 9.99. The predicted molar refractivity (Wildman–Crippen MR) is 32.8 cm³/mol. The van der Waals surface area contributed by atoms with Crippen molar-refractivity contribution in [2.24, 2.45) is 11.3 Å². The third-order valence-corrected chi connectivity index (χ3v) is 2.24. The number of halogens is 5. The van der Waals surface area contributed by atoms with E-state index in [1.165, 1.54) is 0 Å². The summed E-state index contributed by atoms with van der Waals surface area (Å²) in [4.78, 5) is 3.87. The van der Waals surface area contributed by atoms with E-state index in [-0.39, 0.29) is 12.8 Å². The molecule has 0 aromatic rings. The first-order valence-corrected chi connectivity index (χ1v) is 3.53. The number of hydrogen-bond donors (Lipinski definition) is 1. The summed E-state index contributed by atoms with van der Waals surface area (Å²) in [5.41, 5.74) is -2.12. The van der Waals surface area contributed by atoms with Crippen molar-refractivity contribution in [1.29, 1.82) is 0 Å². The molecular formula is C6H8F5NO. The Morgan fingerprint density at radius 2 is 1.62 bits per heavy atom. The zero-order valence-corrected chi connectivity index (χ0v) is 6.50. The molecule has 1 aliphatic carbocycles. The maximum absolute atomic E-state index is 12.7.